The number of aliphatic hydroxyl groups is 1. The highest BCUT2D eigenvalue weighted by molar-refractivity contribution is 5.82. The minimum atomic E-state index is -0.262. The summed E-state index contributed by atoms with van der Waals surface area (Å²) < 4.78 is 15.5. The Morgan fingerprint density at radius 2 is 1.66 bits per heavy atom. The van der Waals surface area contributed by atoms with Crippen LogP contribution in [0, 0.1) is 12.7 Å². The van der Waals surface area contributed by atoms with E-state index in [1.807, 2.05) is 29.6 Å². The monoisotopic (exact) mass is 431 g/mol. The lowest BCUT2D eigenvalue weighted by molar-refractivity contribution is 0.188. The van der Waals surface area contributed by atoms with Crippen molar-refractivity contribution < 1.29 is 9.50 Å². The number of hydrogen-bond donors (Lipinski definition) is 1. The fourth-order valence-electron chi connectivity index (χ4n) is 4.39. The number of anilines is 1. The van der Waals surface area contributed by atoms with E-state index in [0.717, 1.165) is 65.7 Å². The molecule has 0 atom stereocenters. The highest BCUT2D eigenvalue weighted by Gasteiger charge is 2.23. The molecule has 0 amide bonds. The summed E-state index contributed by atoms with van der Waals surface area (Å²) in [7, 11) is 0. The summed E-state index contributed by atoms with van der Waals surface area (Å²) in [5.74, 6) is 0.733. The van der Waals surface area contributed by atoms with E-state index < -0.39 is 0 Å². The third-order valence-corrected chi connectivity index (χ3v) is 6.06. The zero-order valence-corrected chi connectivity index (χ0v) is 18.1. The van der Waals surface area contributed by atoms with E-state index in [0.29, 0.717) is 6.54 Å². The summed E-state index contributed by atoms with van der Waals surface area (Å²) in [5, 5.41) is 14.1. The Balaban J connectivity index is 1.66. The number of rotatable bonds is 5. The van der Waals surface area contributed by atoms with Gasteiger partial charge in [0.1, 0.15) is 11.6 Å². The van der Waals surface area contributed by atoms with Crippen LogP contribution in [0.5, 0.6) is 0 Å². The molecule has 2 aromatic heterocycles. The Morgan fingerprint density at radius 1 is 0.938 bits per heavy atom. The highest BCUT2D eigenvalue weighted by atomic mass is 19.1. The van der Waals surface area contributed by atoms with Crippen molar-refractivity contribution in [1.82, 2.24) is 19.5 Å². The van der Waals surface area contributed by atoms with Gasteiger partial charge < -0.3 is 10.0 Å². The van der Waals surface area contributed by atoms with Gasteiger partial charge in [0.25, 0.3) is 0 Å². The smallest absolute Gasteiger partial charge is 0.166 e. The Kier molecular flexibility index (Phi) is 5.59. The van der Waals surface area contributed by atoms with Crippen LogP contribution in [0.2, 0.25) is 0 Å². The van der Waals surface area contributed by atoms with Gasteiger partial charge in [-0.2, -0.15) is 9.61 Å². The molecule has 164 valence electrons. The lowest BCUT2D eigenvalue weighted by atomic mass is 10.1. The van der Waals surface area contributed by atoms with E-state index in [1.165, 1.54) is 12.1 Å². The number of piperazine rings is 1. The van der Waals surface area contributed by atoms with Gasteiger partial charge in [0, 0.05) is 49.9 Å². The van der Waals surface area contributed by atoms with Crippen LogP contribution in [0.3, 0.4) is 0 Å². The molecule has 7 heteroatoms. The molecule has 1 N–H and O–H groups in total. The SMILES string of the molecule is Cc1nn2c(N3CCN(CCO)CC3)cc(-c3ccccc3)nc2c1-c1ccc(F)cc1. The second kappa shape index (κ2) is 8.68. The van der Waals surface area contributed by atoms with Crippen molar-refractivity contribution in [3.8, 4) is 22.4 Å². The first-order valence-corrected chi connectivity index (χ1v) is 10.9. The van der Waals surface area contributed by atoms with Crippen LogP contribution < -0.4 is 4.90 Å². The average Bonchev–Trinajstić information content (AvgIpc) is 3.16. The van der Waals surface area contributed by atoms with Crippen molar-refractivity contribution in [1.29, 1.82) is 0 Å². The van der Waals surface area contributed by atoms with Gasteiger partial charge in [0.2, 0.25) is 0 Å². The summed E-state index contributed by atoms with van der Waals surface area (Å²) in [5.41, 5.74) is 5.37. The Bertz CT molecular complexity index is 1210. The third-order valence-electron chi connectivity index (χ3n) is 6.06. The van der Waals surface area contributed by atoms with Gasteiger partial charge in [0.05, 0.1) is 18.0 Å². The quantitative estimate of drug-likeness (QED) is 0.523. The molecule has 5 rings (SSSR count). The first kappa shape index (κ1) is 20.6. The first-order chi connectivity index (χ1) is 15.6. The van der Waals surface area contributed by atoms with Crippen LogP contribution in [-0.4, -0.2) is 63.9 Å². The van der Waals surface area contributed by atoms with Gasteiger partial charge >= 0.3 is 0 Å². The fourth-order valence-corrected chi connectivity index (χ4v) is 4.39. The van der Waals surface area contributed by atoms with Crippen LogP contribution in [0.25, 0.3) is 28.0 Å². The van der Waals surface area contributed by atoms with Crippen LogP contribution >= 0.6 is 0 Å². The lowest BCUT2D eigenvalue weighted by Gasteiger charge is -2.35. The molecule has 0 unspecified atom stereocenters. The van der Waals surface area contributed by atoms with Gasteiger partial charge in [-0.3, -0.25) is 4.90 Å². The van der Waals surface area contributed by atoms with Crippen molar-refractivity contribution >= 4 is 11.5 Å². The molecule has 3 heterocycles. The van der Waals surface area contributed by atoms with Crippen LogP contribution in [0.4, 0.5) is 10.2 Å². The average molecular weight is 432 g/mol. The van der Waals surface area contributed by atoms with E-state index in [1.54, 1.807) is 12.1 Å². The van der Waals surface area contributed by atoms with Crippen LogP contribution in [-0.2, 0) is 0 Å². The van der Waals surface area contributed by atoms with E-state index in [2.05, 4.69) is 28.0 Å². The summed E-state index contributed by atoms with van der Waals surface area (Å²) in [6.07, 6.45) is 0. The van der Waals surface area contributed by atoms with Gasteiger partial charge in [0.15, 0.2) is 5.65 Å². The number of fused-ring (bicyclic) bond motifs is 1. The molecule has 1 saturated heterocycles. The highest BCUT2D eigenvalue weighted by Crippen LogP contribution is 2.33. The van der Waals surface area contributed by atoms with Gasteiger partial charge in [-0.05, 0) is 24.6 Å². The second-order valence-electron chi connectivity index (χ2n) is 8.12. The zero-order valence-electron chi connectivity index (χ0n) is 18.1. The Hall–Kier alpha value is -3.29. The molecule has 0 radical (unpaired) electrons. The number of nitrogens with zero attached hydrogens (tertiary/aromatic N) is 5. The molecular weight excluding hydrogens is 405 g/mol. The van der Waals surface area contributed by atoms with E-state index in [9.17, 15) is 9.50 Å². The molecule has 0 saturated carbocycles. The third kappa shape index (κ3) is 3.85. The van der Waals surface area contributed by atoms with Crippen LogP contribution in [0.15, 0.2) is 60.7 Å². The van der Waals surface area contributed by atoms with Gasteiger partial charge in [-0.1, -0.05) is 42.5 Å². The van der Waals surface area contributed by atoms with Crippen molar-refractivity contribution in [3.63, 3.8) is 0 Å². The number of aromatic nitrogens is 3. The summed E-state index contributed by atoms with van der Waals surface area (Å²) in [6, 6.07) is 18.7. The minimum absolute atomic E-state index is 0.178. The molecule has 6 nitrogen and oxygen atoms in total. The standard InChI is InChI=1S/C25H26FN5O/c1-18-24(20-7-9-21(26)10-8-20)25-27-22(19-5-3-2-4-6-19)17-23(31(25)28-18)30-13-11-29(12-14-30)15-16-32/h2-10,17,32H,11-16H2,1H3. The molecule has 2 aromatic carbocycles. The predicted molar refractivity (Wildman–Crippen MR) is 124 cm³/mol. The lowest BCUT2D eigenvalue weighted by Crippen LogP contribution is -2.47. The van der Waals surface area contributed by atoms with Crippen LogP contribution in [0.1, 0.15) is 5.69 Å². The number of halogens is 1. The van der Waals surface area contributed by atoms with E-state index >= 15 is 0 Å². The first-order valence-electron chi connectivity index (χ1n) is 10.9. The minimum Gasteiger partial charge on any atom is -0.395 e. The zero-order chi connectivity index (χ0) is 22.1. The number of β-amino-alcohol motifs (C(OH)–C–C–N with tert-alkyl or cyclic N) is 1. The number of benzene rings is 2. The molecular formula is C25H26FN5O. The van der Waals surface area contributed by atoms with Crippen molar-refractivity contribution in [2.75, 3.05) is 44.2 Å². The van der Waals surface area contributed by atoms with Crippen molar-refractivity contribution in [3.05, 3.63) is 72.2 Å². The topological polar surface area (TPSA) is 56.9 Å². The maximum atomic E-state index is 13.6. The number of hydrogen-bond acceptors (Lipinski definition) is 5. The molecule has 32 heavy (non-hydrogen) atoms. The molecule has 1 aliphatic heterocycles. The number of aryl methyl sites for hydroxylation is 1. The molecule has 1 aliphatic rings. The summed E-state index contributed by atoms with van der Waals surface area (Å²) in [6.45, 7) is 6.31. The number of aliphatic hydroxyl groups excluding tert-OH is 1. The van der Waals surface area contributed by atoms with Crippen molar-refractivity contribution in [2.24, 2.45) is 0 Å². The molecule has 1 fully saturated rings. The second-order valence-corrected chi connectivity index (χ2v) is 8.12. The maximum Gasteiger partial charge on any atom is 0.166 e. The fraction of sp³-hybridized carbons (Fsp3) is 0.280. The normalized spacial score (nSPS) is 14.9. The maximum absolute atomic E-state index is 13.6. The molecule has 0 aliphatic carbocycles. The molecule has 4 aromatic rings. The van der Waals surface area contributed by atoms with Crippen molar-refractivity contribution in [2.45, 2.75) is 6.92 Å². The largest absolute Gasteiger partial charge is 0.395 e. The van der Waals surface area contributed by atoms with E-state index in [4.69, 9.17) is 10.1 Å². The van der Waals surface area contributed by atoms with E-state index in [-0.39, 0.29) is 12.4 Å². The predicted octanol–water partition coefficient (Wildman–Crippen LogP) is 3.63. The Labute approximate surface area is 186 Å². The Morgan fingerprint density at radius 3 is 2.34 bits per heavy atom. The summed E-state index contributed by atoms with van der Waals surface area (Å²) in [4.78, 5) is 9.60. The van der Waals surface area contributed by atoms with Gasteiger partial charge in [-0.25, -0.2) is 9.37 Å². The summed E-state index contributed by atoms with van der Waals surface area (Å²) >= 11 is 0. The molecule has 0 spiro atoms. The molecule has 0 bridgehead atoms. The van der Waals surface area contributed by atoms with Gasteiger partial charge in [-0.15, -0.1) is 0 Å².